The molecule has 1 unspecified atom stereocenters. The third-order valence-corrected chi connectivity index (χ3v) is 7.78. The number of amides is 2. The summed E-state index contributed by atoms with van der Waals surface area (Å²) in [5, 5.41) is 5.04. The SMILES string of the molecule is COC(=O)c1ccc2c(=O)n(N3CCN(C)CC3)c(C(C)N(C(=O)Nc3ccc(F)cc3)c3ccc(OC)cc3OC)nc2c1. The number of urea groups is 1. The van der Waals surface area contributed by atoms with E-state index in [1.165, 1.54) is 67.3 Å². The summed E-state index contributed by atoms with van der Waals surface area (Å²) in [7, 11) is 6.28. The van der Waals surface area contributed by atoms with Crippen molar-refractivity contribution in [1.82, 2.24) is 14.6 Å². The van der Waals surface area contributed by atoms with Crippen LogP contribution in [0, 0.1) is 5.82 Å². The number of carbonyl (C=O) groups is 2. The number of fused-ring (bicyclic) bond motifs is 1. The number of carbonyl (C=O) groups excluding carboxylic acids is 2. The monoisotopic (exact) mass is 618 g/mol. The number of nitrogens with zero attached hydrogens (tertiary/aromatic N) is 5. The Morgan fingerprint density at radius 1 is 0.956 bits per heavy atom. The normalized spacial score (nSPS) is 14.1. The second kappa shape index (κ2) is 13.2. The van der Waals surface area contributed by atoms with Gasteiger partial charge in [0.1, 0.15) is 17.3 Å². The molecule has 2 heterocycles. The Labute approximate surface area is 259 Å². The third kappa shape index (κ3) is 6.38. The minimum atomic E-state index is -0.869. The molecule has 1 atom stereocenters. The van der Waals surface area contributed by atoms with E-state index in [1.54, 1.807) is 31.2 Å². The summed E-state index contributed by atoms with van der Waals surface area (Å²) in [6, 6.07) is 13.5. The number of benzene rings is 3. The molecule has 1 saturated heterocycles. The first-order chi connectivity index (χ1) is 21.6. The molecule has 45 heavy (non-hydrogen) atoms. The summed E-state index contributed by atoms with van der Waals surface area (Å²) >= 11 is 0. The van der Waals surface area contributed by atoms with Crippen molar-refractivity contribution in [3.63, 3.8) is 0 Å². The molecule has 1 aliphatic rings. The van der Waals surface area contributed by atoms with Crippen LogP contribution < -0.4 is 30.3 Å². The number of aromatic nitrogens is 2. The molecule has 1 N–H and O–H groups in total. The van der Waals surface area contributed by atoms with Crippen molar-refractivity contribution < 1.29 is 28.2 Å². The maximum Gasteiger partial charge on any atom is 0.337 e. The minimum Gasteiger partial charge on any atom is -0.497 e. The molecule has 12 nitrogen and oxygen atoms in total. The van der Waals surface area contributed by atoms with Crippen LogP contribution in [-0.2, 0) is 4.74 Å². The molecular formula is C32H35FN6O6. The number of methoxy groups -OCH3 is 3. The average molecular weight is 619 g/mol. The van der Waals surface area contributed by atoms with Crippen LogP contribution in [0.3, 0.4) is 0 Å². The van der Waals surface area contributed by atoms with E-state index >= 15 is 0 Å². The molecule has 2 amide bonds. The van der Waals surface area contributed by atoms with Crippen LogP contribution in [0.2, 0.25) is 0 Å². The summed E-state index contributed by atoms with van der Waals surface area (Å²) in [4.78, 5) is 49.2. The number of esters is 1. The van der Waals surface area contributed by atoms with E-state index in [0.717, 1.165) is 0 Å². The molecule has 13 heteroatoms. The molecule has 0 spiro atoms. The number of halogens is 1. The molecule has 236 valence electrons. The van der Waals surface area contributed by atoms with Crippen LogP contribution >= 0.6 is 0 Å². The summed E-state index contributed by atoms with van der Waals surface area (Å²) in [6.07, 6.45) is 0. The van der Waals surface area contributed by atoms with Gasteiger partial charge in [0, 0.05) is 37.9 Å². The highest BCUT2D eigenvalue weighted by atomic mass is 19.1. The Morgan fingerprint density at radius 3 is 2.31 bits per heavy atom. The summed E-state index contributed by atoms with van der Waals surface area (Å²) in [5.74, 6) is 0.0808. The van der Waals surface area contributed by atoms with Gasteiger partial charge in [0.05, 0.1) is 49.5 Å². The van der Waals surface area contributed by atoms with E-state index in [-0.39, 0.29) is 22.5 Å². The maximum absolute atomic E-state index is 14.2. The summed E-state index contributed by atoms with van der Waals surface area (Å²) in [5.41, 5.74) is 0.888. The van der Waals surface area contributed by atoms with E-state index < -0.39 is 23.9 Å². The van der Waals surface area contributed by atoms with Crippen molar-refractivity contribution in [2.45, 2.75) is 13.0 Å². The molecule has 1 aliphatic heterocycles. The highest BCUT2D eigenvalue weighted by Crippen LogP contribution is 2.37. The molecule has 0 aliphatic carbocycles. The van der Waals surface area contributed by atoms with Crippen LogP contribution in [-0.4, -0.2) is 81.1 Å². The van der Waals surface area contributed by atoms with Crippen LogP contribution in [0.1, 0.15) is 29.1 Å². The quantitative estimate of drug-likeness (QED) is 0.292. The van der Waals surface area contributed by atoms with E-state index in [4.69, 9.17) is 19.2 Å². The molecular weight excluding hydrogens is 583 g/mol. The van der Waals surface area contributed by atoms with Crippen molar-refractivity contribution in [3.8, 4) is 11.5 Å². The van der Waals surface area contributed by atoms with Gasteiger partial charge in [-0.1, -0.05) is 0 Å². The van der Waals surface area contributed by atoms with Gasteiger partial charge in [-0.25, -0.2) is 23.6 Å². The number of ether oxygens (including phenoxy) is 3. The van der Waals surface area contributed by atoms with Crippen molar-refractivity contribution in [1.29, 1.82) is 0 Å². The van der Waals surface area contributed by atoms with Crippen LogP contribution in [0.15, 0.2) is 65.5 Å². The fraction of sp³-hybridized carbons (Fsp3) is 0.312. The first kappa shape index (κ1) is 31.3. The molecule has 0 bridgehead atoms. The Kier molecular flexibility index (Phi) is 9.18. The van der Waals surface area contributed by atoms with Gasteiger partial charge in [0.25, 0.3) is 5.56 Å². The lowest BCUT2D eigenvalue weighted by atomic mass is 10.1. The zero-order valence-corrected chi connectivity index (χ0v) is 25.7. The second-order valence-corrected chi connectivity index (χ2v) is 10.6. The first-order valence-corrected chi connectivity index (χ1v) is 14.3. The molecule has 0 radical (unpaired) electrons. The van der Waals surface area contributed by atoms with Crippen LogP contribution in [0.5, 0.6) is 11.5 Å². The zero-order valence-electron chi connectivity index (χ0n) is 25.7. The molecule has 1 aromatic heterocycles. The lowest BCUT2D eigenvalue weighted by Gasteiger charge is -2.38. The van der Waals surface area contributed by atoms with Gasteiger partial charge in [0.2, 0.25) is 0 Å². The number of piperazine rings is 1. The van der Waals surface area contributed by atoms with Gasteiger partial charge in [-0.2, -0.15) is 0 Å². The Morgan fingerprint density at radius 2 is 1.67 bits per heavy atom. The molecule has 1 fully saturated rings. The highest BCUT2D eigenvalue weighted by Gasteiger charge is 2.32. The van der Waals surface area contributed by atoms with E-state index in [1.807, 2.05) is 12.1 Å². The predicted octanol–water partition coefficient (Wildman–Crippen LogP) is 4.02. The average Bonchev–Trinajstić information content (AvgIpc) is 3.05. The lowest BCUT2D eigenvalue weighted by Crippen LogP contribution is -2.55. The number of hydrogen-bond donors (Lipinski definition) is 1. The van der Waals surface area contributed by atoms with Crippen molar-refractivity contribution in [3.05, 3.63) is 88.2 Å². The van der Waals surface area contributed by atoms with Crippen LogP contribution in [0.4, 0.5) is 20.6 Å². The zero-order chi connectivity index (χ0) is 32.2. The number of likely N-dealkylation sites (N-methyl/N-ethyl adjacent to an activating group) is 1. The number of nitrogens with one attached hydrogen (secondary N) is 1. The summed E-state index contributed by atoms with van der Waals surface area (Å²) < 4.78 is 31.1. The van der Waals surface area contributed by atoms with Gasteiger partial charge in [-0.15, -0.1) is 0 Å². The van der Waals surface area contributed by atoms with Crippen molar-refractivity contribution >= 4 is 34.3 Å². The van der Waals surface area contributed by atoms with Gasteiger partial charge >= 0.3 is 12.0 Å². The highest BCUT2D eigenvalue weighted by molar-refractivity contribution is 6.03. The van der Waals surface area contributed by atoms with E-state index in [2.05, 4.69) is 10.2 Å². The number of anilines is 2. The predicted molar refractivity (Wildman–Crippen MR) is 169 cm³/mol. The fourth-order valence-electron chi connectivity index (χ4n) is 5.29. The Bertz CT molecular complexity index is 1770. The molecule has 0 saturated carbocycles. The lowest BCUT2D eigenvalue weighted by molar-refractivity contribution is 0.0601. The van der Waals surface area contributed by atoms with Gasteiger partial charge < -0.3 is 29.4 Å². The fourth-order valence-corrected chi connectivity index (χ4v) is 5.29. The molecule has 3 aromatic carbocycles. The van der Waals surface area contributed by atoms with Crippen LogP contribution in [0.25, 0.3) is 10.9 Å². The Hall–Kier alpha value is -5.17. The number of rotatable bonds is 8. The molecule has 5 rings (SSSR count). The standard InChI is InChI=1S/C32H35FN6O6/c1-20(38(27-13-11-24(43-3)19-28(27)44-4)32(42)34-23-9-7-22(33)8-10-23)29-35-26-18-21(31(41)45-5)6-12-25(26)30(40)39(29)37-16-14-36(2)15-17-37/h6-13,18-20H,14-17H2,1-5H3,(H,34,42). The topological polar surface area (TPSA) is 118 Å². The largest absolute Gasteiger partial charge is 0.497 e. The Balaban J connectivity index is 1.71. The third-order valence-electron chi connectivity index (χ3n) is 7.78. The van der Waals surface area contributed by atoms with Crippen molar-refractivity contribution in [2.24, 2.45) is 0 Å². The minimum absolute atomic E-state index is 0.232. The molecule has 4 aromatic rings. The van der Waals surface area contributed by atoms with Gasteiger partial charge in [0.15, 0.2) is 5.82 Å². The second-order valence-electron chi connectivity index (χ2n) is 10.6. The maximum atomic E-state index is 14.2. The van der Waals surface area contributed by atoms with E-state index in [0.29, 0.717) is 54.4 Å². The smallest absolute Gasteiger partial charge is 0.337 e. The summed E-state index contributed by atoms with van der Waals surface area (Å²) in [6.45, 7) is 4.24. The number of hydrogen-bond acceptors (Lipinski definition) is 9. The van der Waals surface area contributed by atoms with Gasteiger partial charge in [-0.05, 0) is 68.6 Å². The van der Waals surface area contributed by atoms with E-state index in [9.17, 15) is 18.8 Å². The van der Waals surface area contributed by atoms with Gasteiger partial charge in [-0.3, -0.25) is 9.69 Å². The van der Waals surface area contributed by atoms with Crippen molar-refractivity contribution in [2.75, 3.05) is 69.8 Å². The first-order valence-electron chi connectivity index (χ1n) is 14.3.